The molecule has 0 aliphatic heterocycles. The van der Waals surface area contributed by atoms with Gasteiger partial charge in [0.05, 0.1) is 14.7 Å². The zero-order valence-electron chi connectivity index (χ0n) is 30.2. The molecular weight excluding hydrogens is 807 g/mol. The van der Waals surface area contributed by atoms with E-state index in [0.29, 0.717) is 12.1 Å². The molecule has 0 atom stereocenters. The van der Waals surface area contributed by atoms with E-state index in [2.05, 4.69) is 6.34 Å². The van der Waals surface area contributed by atoms with E-state index in [1.807, 2.05) is 6.92 Å². The molecule has 0 saturated carbocycles. The second-order valence-corrected chi connectivity index (χ2v) is 12.7. The molecule has 1 N–H and O–H groups in total. The number of benzene rings is 4. The van der Waals surface area contributed by atoms with Crippen molar-refractivity contribution in [2.45, 2.75) is 31.1 Å². The van der Waals surface area contributed by atoms with E-state index in [0.717, 1.165) is 35.4 Å². The molecule has 0 unspecified atom stereocenters. The maximum atomic E-state index is 13.4. The van der Waals surface area contributed by atoms with Crippen LogP contribution in [-0.2, 0) is 28.9 Å². The van der Waals surface area contributed by atoms with Crippen LogP contribution < -0.4 is 112 Å². The van der Waals surface area contributed by atoms with E-state index in [1.54, 1.807) is 31.2 Å². The number of aromatic hydroxyl groups is 1. The summed E-state index contributed by atoms with van der Waals surface area (Å²) < 4.78 is 99.0. The van der Waals surface area contributed by atoms with Gasteiger partial charge in [0.2, 0.25) is 11.6 Å². The molecule has 0 spiro atoms. The second-order valence-electron chi connectivity index (χ2n) is 8.56. The van der Waals surface area contributed by atoms with Crippen LogP contribution in [0, 0.1) is 45.7 Å². The third-order valence-corrected chi connectivity index (χ3v) is 7.73. The molecule has 4 rings (SSSR count). The molecule has 51 heavy (non-hydrogen) atoms. The van der Waals surface area contributed by atoms with Gasteiger partial charge in [0, 0.05) is 37.9 Å². The Morgan fingerprint density at radius 3 is 1.55 bits per heavy atom. The number of nitro groups is 2. The van der Waals surface area contributed by atoms with Crippen LogP contribution in [0.3, 0.4) is 0 Å². The SMILES string of the molecule is C.Cc1ccc(S(=O)(=O)Cl)cc1.Cc1ccc(S(=O)(=O)Oc2ccc([N+](=O)[O-])c(F)c2)cc1.O=CO[O-].O=[N+]([O-])c1ccc(O)cc1F.[2H]F.[2H][2H].[H-].[K+].[K+]. The van der Waals surface area contributed by atoms with Gasteiger partial charge < -0.3 is 20.9 Å². The summed E-state index contributed by atoms with van der Waals surface area (Å²) in [5, 5.41) is 37.6. The summed E-state index contributed by atoms with van der Waals surface area (Å²) in [4.78, 5) is 30.0. The van der Waals surface area contributed by atoms with Crippen molar-refractivity contribution in [3.63, 3.8) is 0 Å². The number of hydrogen-bond acceptors (Lipinski definition) is 13. The van der Waals surface area contributed by atoms with Gasteiger partial charge in [-0.25, -0.2) is 8.42 Å². The van der Waals surface area contributed by atoms with E-state index >= 15 is 0 Å². The Bertz CT molecular complexity index is 1950. The standard InChI is InChI=1S/C13H10FNO5S.C7H7ClO2S.C6H4FNO3.CH2O3.CH4.FH.2K.H2.H/c1-9-2-5-11(6-3-9)21(18,19)20-10-4-7-13(15(16)17)12(14)8-10;1-6-2-4-7(5-3-6)11(8,9)10;7-5-3-4(9)1-2-6(5)8(10)11;2-1-4-3;;;;;;/h2-8H,1H3;2-5H,1H3;1-3,9H;1,3H;1H4;1H;;;1H;/q;;;;;;2*+1;;-1/p-1/i;;;;;;;;1+1D;/hD. The molecule has 0 aliphatic rings. The molecule has 0 fully saturated rings. The normalized spacial score (nSPS) is 9.82. The van der Waals surface area contributed by atoms with Crippen molar-refractivity contribution in [2.24, 2.45) is 0 Å². The molecular formula is C28H30ClF3K2N2O13S2. The maximum Gasteiger partial charge on any atom is 1.00 e. The van der Waals surface area contributed by atoms with Gasteiger partial charge in [-0.3, -0.25) is 29.7 Å². The number of nitrogens with zero attached hydrogens (tertiary/aromatic N) is 2. The van der Waals surface area contributed by atoms with Gasteiger partial charge >= 0.3 is 124 Å². The molecule has 0 aliphatic carbocycles. The Morgan fingerprint density at radius 2 is 1.22 bits per heavy atom. The van der Waals surface area contributed by atoms with E-state index < -0.39 is 52.0 Å². The Morgan fingerprint density at radius 1 is 0.843 bits per heavy atom. The predicted molar refractivity (Wildman–Crippen MR) is 171 cm³/mol. The predicted octanol–water partition coefficient (Wildman–Crippen LogP) is -0.238. The van der Waals surface area contributed by atoms with Crippen LogP contribution >= 0.6 is 10.7 Å². The van der Waals surface area contributed by atoms with E-state index in [4.69, 9.17) is 37.7 Å². The quantitative estimate of drug-likeness (QED) is 0.0482. The molecule has 0 heterocycles. The summed E-state index contributed by atoms with van der Waals surface area (Å²) in [5.41, 5.74) is 0.488. The molecule has 0 aromatic heterocycles. The third kappa shape index (κ3) is 20.7. The molecule has 23 heteroatoms. The van der Waals surface area contributed by atoms with Gasteiger partial charge in [-0.1, -0.05) is 42.8 Å². The number of phenolic OH excluding ortho intramolecular Hbond substituents is 1. The Kier molecular flexibility index (Phi) is 26.7. The van der Waals surface area contributed by atoms with Crippen LogP contribution in [-0.4, -0.2) is 39.7 Å². The summed E-state index contributed by atoms with van der Waals surface area (Å²) in [5.74, 6) is -2.86. The van der Waals surface area contributed by atoms with E-state index in [1.165, 1.54) is 24.3 Å². The van der Waals surface area contributed by atoms with Gasteiger partial charge in [0.1, 0.15) is 16.4 Å². The molecule has 4 aromatic carbocycles. The Hall–Kier alpha value is -2.04. The van der Waals surface area contributed by atoms with Gasteiger partial charge in [-0.2, -0.15) is 17.2 Å². The fraction of sp³-hybridized carbons (Fsp3) is 0.107. The number of rotatable bonds is 7. The van der Waals surface area contributed by atoms with Gasteiger partial charge in [0.15, 0.2) is 0 Å². The molecule has 0 radical (unpaired) electrons. The van der Waals surface area contributed by atoms with Crippen molar-refractivity contribution in [2.75, 3.05) is 0 Å². The number of phenols is 1. The van der Waals surface area contributed by atoms with Crippen molar-refractivity contribution >= 4 is 47.7 Å². The summed E-state index contributed by atoms with van der Waals surface area (Å²) in [6.45, 7) is 3.49. The molecule has 0 saturated heterocycles. The number of hydrogen-bond donors (Lipinski definition) is 1. The summed E-state index contributed by atoms with van der Waals surface area (Å²) in [7, 11) is -2.58. The maximum absolute atomic E-state index is 13.4. The zero-order chi connectivity index (χ0) is 39.9. The van der Waals surface area contributed by atoms with Crippen LogP contribution in [0.25, 0.3) is 0 Å². The van der Waals surface area contributed by atoms with Crippen LogP contribution in [0.1, 0.15) is 22.9 Å². The van der Waals surface area contributed by atoms with Crippen LogP contribution in [0.2, 0.25) is 0 Å². The number of nitro benzene ring substituents is 2. The average Bonchev–Trinajstić information content (AvgIpc) is 3.07. The minimum Gasteiger partial charge on any atom is -1.00 e. The van der Waals surface area contributed by atoms with Crippen LogP contribution in [0.15, 0.2) is 94.7 Å². The van der Waals surface area contributed by atoms with Gasteiger partial charge in [0.25, 0.3) is 17.0 Å². The fourth-order valence-electron chi connectivity index (χ4n) is 2.91. The minimum atomic E-state index is -4.12. The number of halogens is 4. The number of carbonyl (C=O) groups is 1. The summed E-state index contributed by atoms with van der Waals surface area (Å²) >= 11 is 0. The van der Waals surface area contributed by atoms with E-state index in [9.17, 15) is 45.8 Å². The van der Waals surface area contributed by atoms with Gasteiger partial charge in [-0.15, -0.1) is 0 Å². The van der Waals surface area contributed by atoms with Crippen molar-refractivity contribution in [3.8, 4) is 11.5 Å². The first-order valence-electron chi connectivity index (χ1n) is 13.5. The largest absolute Gasteiger partial charge is 1.00 e. The zero-order valence-corrected chi connectivity index (χ0v) is 34.9. The molecule has 272 valence electrons. The topological polar surface area (TPSA) is 233 Å². The Labute approximate surface area is 386 Å². The van der Waals surface area contributed by atoms with Crippen LogP contribution in [0.5, 0.6) is 11.5 Å². The van der Waals surface area contributed by atoms with Crippen molar-refractivity contribution in [1.82, 2.24) is 0 Å². The number of carbonyl (C=O) groups excluding carboxylic acids is 1. The van der Waals surface area contributed by atoms with Crippen molar-refractivity contribution in [1.29, 1.82) is 1.45 Å². The molecule has 0 amide bonds. The van der Waals surface area contributed by atoms with E-state index in [-0.39, 0.29) is 139 Å². The van der Waals surface area contributed by atoms with Crippen molar-refractivity contribution in [3.05, 3.63) is 128 Å². The van der Waals surface area contributed by atoms with Crippen LogP contribution in [0.4, 0.5) is 24.9 Å². The molecule has 4 aromatic rings. The minimum absolute atomic E-state index is 0. The third-order valence-electron chi connectivity index (χ3n) is 5.10. The first-order valence-corrected chi connectivity index (χ1v) is 15.9. The molecule has 15 nitrogen and oxygen atoms in total. The fourth-order valence-corrected chi connectivity index (χ4v) is 4.60. The monoisotopic (exact) mass is 839 g/mol. The first kappa shape index (κ1) is 51.1. The van der Waals surface area contributed by atoms with Gasteiger partial charge in [-0.05, 0) is 50.2 Å². The average molecular weight is 840 g/mol. The smallest absolute Gasteiger partial charge is 1.00 e. The summed E-state index contributed by atoms with van der Waals surface area (Å²) in [6.07, 6.45) is 0. The van der Waals surface area contributed by atoms with Crippen molar-refractivity contribution < 1.29 is 172 Å². The first-order chi connectivity index (χ1) is 23.8. The second kappa shape index (κ2) is 26.7. The Balaban J connectivity index is -0.000000152. The summed E-state index contributed by atoms with van der Waals surface area (Å²) in [6, 6.07) is 17.4. The molecule has 0 bridgehead atoms. The number of aryl methyl sites for hydroxylation is 2.